The molecule has 8 heteroatoms. The average Bonchev–Trinajstić information content (AvgIpc) is 2.71. The lowest BCUT2D eigenvalue weighted by molar-refractivity contribution is -0.115. The smallest absolute Gasteiger partial charge is 0.271 e. The van der Waals surface area contributed by atoms with Gasteiger partial charge >= 0.3 is 0 Å². The molecular weight excluding hydrogens is 362 g/mol. The Balaban J connectivity index is 1.54. The van der Waals surface area contributed by atoms with E-state index in [1.54, 1.807) is 49.4 Å². The Morgan fingerprint density at radius 1 is 1.11 bits per heavy atom. The summed E-state index contributed by atoms with van der Waals surface area (Å²) in [5, 5.41) is 6.75. The number of fused-ring (bicyclic) bond motifs is 1. The topological polar surface area (TPSA) is 98.2 Å². The quantitative estimate of drug-likeness (QED) is 0.590. The van der Waals surface area contributed by atoms with Crippen LogP contribution >= 0.6 is 0 Å². The van der Waals surface area contributed by atoms with Crippen LogP contribution in [0.25, 0.3) is 0 Å². The number of hydrogen-bond donors (Lipinski definition) is 2. The van der Waals surface area contributed by atoms with Gasteiger partial charge in [0.1, 0.15) is 19.0 Å². The van der Waals surface area contributed by atoms with Crippen LogP contribution in [0.4, 0.5) is 5.69 Å². The monoisotopic (exact) mass is 383 g/mol. The van der Waals surface area contributed by atoms with Crippen LogP contribution in [0.5, 0.6) is 17.2 Å². The summed E-state index contributed by atoms with van der Waals surface area (Å²) in [7, 11) is 1.53. The van der Waals surface area contributed by atoms with Crippen molar-refractivity contribution in [2.24, 2.45) is 5.10 Å². The van der Waals surface area contributed by atoms with E-state index in [-0.39, 0.29) is 18.2 Å². The fraction of sp³-hybridized carbons (Fsp3) is 0.250. The molecule has 2 N–H and O–H groups in total. The molecule has 0 spiro atoms. The zero-order valence-electron chi connectivity index (χ0n) is 15.7. The second kappa shape index (κ2) is 8.90. The number of rotatable bonds is 6. The maximum Gasteiger partial charge on any atom is 0.271 e. The van der Waals surface area contributed by atoms with Crippen molar-refractivity contribution < 1.29 is 23.8 Å². The van der Waals surface area contributed by atoms with Crippen LogP contribution in [0.2, 0.25) is 0 Å². The summed E-state index contributed by atoms with van der Waals surface area (Å²) < 4.78 is 16.0. The maximum absolute atomic E-state index is 12.2. The van der Waals surface area contributed by atoms with Crippen LogP contribution in [-0.2, 0) is 4.79 Å². The van der Waals surface area contributed by atoms with Crippen LogP contribution in [0, 0.1) is 0 Å². The first-order chi connectivity index (χ1) is 13.5. The van der Waals surface area contributed by atoms with Crippen LogP contribution in [-0.4, -0.2) is 37.8 Å². The minimum atomic E-state index is -0.384. The number of hydrogen-bond acceptors (Lipinski definition) is 6. The first kappa shape index (κ1) is 19.2. The second-order valence-corrected chi connectivity index (χ2v) is 6.10. The molecule has 0 atom stereocenters. The molecule has 8 nitrogen and oxygen atoms in total. The van der Waals surface area contributed by atoms with E-state index in [9.17, 15) is 9.59 Å². The number of carbonyl (C=O) groups is 2. The molecule has 1 aliphatic heterocycles. The van der Waals surface area contributed by atoms with Gasteiger partial charge in [0.05, 0.1) is 13.5 Å². The van der Waals surface area contributed by atoms with Crippen molar-refractivity contribution in [3.05, 3.63) is 48.0 Å². The molecule has 146 valence electrons. The molecule has 2 aromatic rings. The van der Waals surface area contributed by atoms with E-state index in [4.69, 9.17) is 14.2 Å². The van der Waals surface area contributed by atoms with Crippen molar-refractivity contribution in [3.8, 4) is 17.2 Å². The highest BCUT2D eigenvalue weighted by atomic mass is 16.6. The SMILES string of the molecule is COc1cccc(C(=O)N/N=C(/C)CC(=O)Nc2ccc3c(c2)OCCO3)c1. The number of methoxy groups -OCH3 is 1. The van der Waals surface area contributed by atoms with Crippen molar-refractivity contribution in [1.29, 1.82) is 0 Å². The Hall–Kier alpha value is -3.55. The van der Waals surface area contributed by atoms with E-state index in [2.05, 4.69) is 15.8 Å². The third kappa shape index (κ3) is 5.00. The number of nitrogens with one attached hydrogen (secondary N) is 2. The van der Waals surface area contributed by atoms with Gasteiger partial charge in [-0.15, -0.1) is 0 Å². The van der Waals surface area contributed by atoms with Gasteiger partial charge in [0.25, 0.3) is 5.91 Å². The summed E-state index contributed by atoms with van der Waals surface area (Å²) in [5.74, 6) is 1.19. The van der Waals surface area contributed by atoms with E-state index >= 15 is 0 Å². The van der Waals surface area contributed by atoms with Gasteiger partial charge in [-0.05, 0) is 37.3 Å². The summed E-state index contributed by atoms with van der Waals surface area (Å²) in [5.41, 5.74) is 3.91. The van der Waals surface area contributed by atoms with E-state index in [0.29, 0.717) is 47.4 Å². The predicted molar refractivity (Wildman–Crippen MR) is 104 cm³/mol. The molecule has 0 saturated carbocycles. The average molecular weight is 383 g/mol. The van der Waals surface area contributed by atoms with Gasteiger partial charge in [-0.3, -0.25) is 9.59 Å². The number of anilines is 1. The third-order valence-corrected chi connectivity index (χ3v) is 3.92. The molecule has 0 radical (unpaired) electrons. The Morgan fingerprint density at radius 2 is 1.89 bits per heavy atom. The van der Waals surface area contributed by atoms with Gasteiger partial charge in [0, 0.05) is 23.0 Å². The van der Waals surface area contributed by atoms with Gasteiger partial charge in [-0.25, -0.2) is 5.43 Å². The molecule has 0 saturated heterocycles. The largest absolute Gasteiger partial charge is 0.497 e. The zero-order valence-corrected chi connectivity index (χ0v) is 15.7. The van der Waals surface area contributed by atoms with Gasteiger partial charge in [0.15, 0.2) is 11.5 Å². The third-order valence-electron chi connectivity index (χ3n) is 3.92. The van der Waals surface area contributed by atoms with Gasteiger partial charge in [-0.1, -0.05) is 6.07 Å². The molecule has 0 aliphatic carbocycles. The van der Waals surface area contributed by atoms with Crippen molar-refractivity contribution in [1.82, 2.24) is 5.43 Å². The van der Waals surface area contributed by atoms with E-state index in [1.807, 2.05) is 0 Å². The first-order valence-electron chi connectivity index (χ1n) is 8.72. The molecule has 2 aromatic carbocycles. The summed E-state index contributed by atoms with van der Waals surface area (Å²) >= 11 is 0. The zero-order chi connectivity index (χ0) is 19.9. The van der Waals surface area contributed by atoms with Gasteiger partial charge in [0.2, 0.25) is 5.91 Å². The van der Waals surface area contributed by atoms with E-state index in [1.165, 1.54) is 7.11 Å². The molecule has 2 amide bonds. The summed E-state index contributed by atoms with van der Waals surface area (Å²) in [6, 6.07) is 11.9. The number of amides is 2. The van der Waals surface area contributed by atoms with Gasteiger partial charge < -0.3 is 19.5 Å². The van der Waals surface area contributed by atoms with Crippen molar-refractivity contribution in [3.63, 3.8) is 0 Å². The number of benzene rings is 2. The fourth-order valence-corrected chi connectivity index (χ4v) is 2.57. The van der Waals surface area contributed by atoms with Gasteiger partial charge in [-0.2, -0.15) is 5.10 Å². The van der Waals surface area contributed by atoms with Crippen LogP contribution in [0.3, 0.4) is 0 Å². The van der Waals surface area contributed by atoms with Crippen LogP contribution in [0.15, 0.2) is 47.6 Å². The number of nitrogens with zero attached hydrogens (tertiary/aromatic N) is 1. The molecule has 0 bridgehead atoms. The fourth-order valence-electron chi connectivity index (χ4n) is 2.57. The number of ether oxygens (including phenoxy) is 3. The molecule has 1 aliphatic rings. The van der Waals surface area contributed by atoms with Crippen LogP contribution in [0.1, 0.15) is 23.7 Å². The number of hydrazone groups is 1. The highest BCUT2D eigenvalue weighted by molar-refractivity contribution is 6.06. The van der Waals surface area contributed by atoms with Crippen molar-refractivity contribution >= 4 is 23.2 Å². The molecule has 0 unspecified atom stereocenters. The lowest BCUT2D eigenvalue weighted by Crippen LogP contribution is -2.21. The molecular formula is C20H21N3O5. The maximum atomic E-state index is 12.2. The molecule has 1 heterocycles. The predicted octanol–water partition coefficient (Wildman–Crippen LogP) is 2.60. The standard InChI is InChI=1S/C20H21N3O5/c1-13(22-23-20(25)14-4-3-5-16(11-14)26-2)10-19(24)21-15-6-7-17-18(12-15)28-9-8-27-17/h3-7,11-12H,8-10H2,1-2H3,(H,21,24)(H,23,25)/b22-13-. The lowest BCUT2D eigenvalue weighted by Gasteiger charge is -2.19. The molecule has 3 rings (SSSR count). The van der Waals surface area contributed by atoms with Crippen molar-refractivity contribution in [2.75, 3.05) is 25.6 Å². The normalized spacial score (nSPS) is 12.9. The summed E-state index contributed by atoms with van der Waals surface area (Å²) in [4.78, 5) is 24.3. The van der Waals surface area contributed by atoms with Crippen molar-refractivity contribution in [2.45, 2.75) is 13.3 Å². The van der Waals surface area contributed by atoms with E-state index in [0.717, 1.165) is 0 Å². The van der Waals surface area contributed by atoms with Crippen LogP contribution < -0.4 is 25.0 Å². The first-order valence-corrected chi connectivity index (χ1v) is 8.72. The lowest BCUT2D eigenvalue weighted by atomic mass is 10.2. The highest BCUT2D eigenvalue weighted by Gasteiger charge is 2.13. The molecule has 0 fully saturated rings. The summed E-state index contributed by atoms with van der Waals surface area (Å²) in [6.07, 6.45) is 0.0346. The molecule has 28 heavy (non-hydrogen) atoms. The minimum Gasteiger partial charge on any atom is -0.497 e. The molecule has 0 aromatic heterocycles. The second-order valence-electron chi connectivity index (χ2n) is 6.10. The summed E-state index contributed by atoms with van der Waals surface area (Å²) in [6.45, 7) is 2.65. The Labute approximate surface area is 162 Å². The van der Waals surface area contributed by atoms with E-state index < -0.39 is 0 Å². The Morgan fingerprint density at radius 3 is 2.68 bits per heavy atom. The highest BCUT2D eigenvalue weighted by Crippen LogP contribution is 2.32. The Bertz CT molecular complexity index is 910. The Kier molecular flexibility index (Phi) is 6.11. The number of carbonyl (C=O) groups excluding carboxylic acids is 2. The minimum absolute atomic E-state index is 0.0346.